The second-order valence-electron chi connectivity index (χ2n) is 10.2. The third kappa shape index (κ3) is 8.14. The van der Waals surface area contributed by atoms with E-state index in [0.717, 1.165) is 21.5 Å². The lowest BCUT2D eigenvalue weighted by Crippen LogP contribution is -2.52. The Labute approximate surface area is 241 Å². The van der Waals surface area contributed by atoms with Crippen molar-refractivity contribution in [3.63, 3.8) is 0 Å². The normalized spacial score (nSPS) is 12.0. The molecular weight excluding hydrogens is 544 g/mol. The summed E-state index contributed by atoms with van der Waals surface area (Å²) < 4.78 is 28.5. The van der Waals surface area contributed by atoms with Gasteiger partial charge in [-0.15, -0.1) is 0 Å². The van der Waals surface area contributed by atoms with Crippen LogP contribution in [0.2, 0.25) is 0 Å². The monoisotopic (exact) mass is 580 g/mol. The largest absolute Gasteiger partial charge is 0.354 e. The summed E-state index contributed by atoms with van der Waals surface area (Å²) in [7, 11) is -4.32. The molecule has 41 heavy (non-hydrogen) atoms. The molecule has 3 aromatic rings. The summed E-state index contributed by atoms with van der Waals surface area (Å²) in [6.45, 7) is 7.45. The number of carbonyl (C=O) groups excluding carboxylic acids is 2. The zero-order valence-corrected chi connectivity index (χ0v) is 24.5. The van der Waals surface area contributed by atoms with Gasteiger partial charge in [-0.3, -0.25) is 24.0 Å². The molecule has 0 spiro atoms. The molecule has 0 aliphatic carbocycles. The van der Waals surface area contributed by atoms with Gasteiger partial charge in [0.2, 0.25) is 11.8 Å². The van der Waals surface area contributed by atoms with Gasteiger partial charge in [-0.05, 0) is 43.0 Å². The average Bonchev–Trinajstić information content (AvgIpc) is 2.95. The molecular formula is C30H36N4O6S. The second-order valence-corrected chi connectivity index (χ2v) is 12.0. The van der Waals surface area contributed by atoms with Gasteiger partial charge in [-0.1, -0.05) is 74.9 Å². The van der Waals surface area contributed by atoms with Crippen molar-refractivity contribution >= 4 is 33.2 Å². The minimum absolute atomic E-state index is 0.0378. The highest BCUT2D eigenvalue weighted by Gasteiger charge is 2.34. The van der Waals surface area contributed by atoms with Crippen LogP contribution in [0.25, 0.3) is 0 Å². The quantitative estimate of drug-likeness (QED) is 0.231. The number of aryl methyl sites for hydroxylation is 1. The molecule has 0 bridgehead atoms. The standard InChI is InChI=1S/C30H36N4O6S/c1-5-28(30(36)31-19-22(2)3)32(20-24-12-9-11-23(4)17-24)29(35)21-33(25-13-10-14-26(18-25)34(37)38)41(39,40)27-15-7-6-8-16-27/h6-18,22,28H,5,19-21H2,1-4H3,(H,31,36)/t28-/m0/s1. The minimum atomic E-state index is -4.32. The summed E-state index contributed by atoms with van der Waals surface area (Å²) in [4.78, 5) is 39.5. The SMILES string of the molecule is CC[C@@H](C(=O)NCC(C)C)N(Cc1cccc(C)c1)C(=O)CN(c1cccc([N+](=O)[O-])c1)S(=O)(=O)c1ccccc1. The van der Waals surface area contributed by atoms with Gasteiger partial charge in [-0.2, -0.15) is 0 Å². The van der Waals surface area contributed by atoms with Crippen molar-refractivity contribution in [1.82, 2.24) is 10.2 Å². The van der Waals surface area contributed by atoms with E-state index in [1.165, 1.54) is 35.2 Å². The van der Waals surface area contributed by atoms with Gasteiger partial charge in [0, 0.05) is 25.2 Å². The fourth-order valence-electron chi connectivity index (χ4n) is 4.36. The van der Waals surface area contributed by atoms with Gasteiger partial charge in [0.15, 0.2) is 0 Å². The van der Waals surface area contributed by atoms with E-state index in [4.69, 9.17) is 0 Å². The molecule has 0 heterocycles. The van der Waals surface area contributed by atoms with Crippen molar-refractivity contribution in [3.05, 3.63) is 100 Å². The van der Waals surface area contributed by atoms with E-state index in [1.54, 1.807) is 25.1 Å². The predicted octanol–water partition coefficient (Wildman–Crippen LogP) is 4.68. The Morgan fingerprint density at radius 2 is 1.66 bits per heavy atom. The molecule has 10 nitrogen and oxygen atoms in total. The first-order chi connectivity index (χ1) is 19.4. The first-order valence-corrected chi connectivity index (χ1v) is 14.8. The average molecular weight is 581 g/mol. The Balaban J connectivity index is 2.08. The molecule has 0 saturated heterocycles. The van der Waals surface area contributed by atoms with E-state index < -0.39 is 33.4 Å². The lowest BCUT2D eigenvalue weighted by Gasteiger charge is -2.33. The maximum Gasteiger partial charge on any atom is 0.271 e. The van der Waals surface area contributed by atoms with Crippen LogP contribution in [0.5, 0.6) is 0 Å². The van der Waals surface area contributed by atoms with E-state index in [-0.39, 0.29) is 34.6 Å². The number of benzene rings is 3. The van der Waals surface area contributed by atoms with Crippen molar-refractivity contribution in [3.8, 4) is 0 Å². The van der Waals surface area contributed by atoms with Gasteiger partial charge in [0.25, 0.3) is 15.7 Å². The Bertz CT molecular complexity index is 1480. The molecule has 218 valence electrons. The third-order valence-electron chi connectivity index (χ3n) is 6.44. The summed E-state index contributed by atoms with van der Waals surface area (Å²) in [6.07, 6.45) is 0.295. The number of amides is 2. The molecule has 0 saturated carbocycles. The number of nitrogens with zero attached hydrogens (tertiary/aromatic N) is 3. The van der Waals surface area contributed by atoms with Crippen molar-refractivity contribution in [2.75, 3.05) is 17.4 Å². The van der Waals surface area contributed by atoms with Gasteiger partial charge < -0.3 is 10.2 Å². The van der Waals surface area contributed by atoms with Crippen LogP contribution in [0.4, 0.5) is 11.4 Å². The summed E-state index contributed by atoms with van der Waals surface area (Å²) in [6, 6.07) is 19.3. The molecule has 3 aromatic carbocycles. The Morgan fingerprint density at radius 1 is 0.976 bits per heavy atom. The van der Waals surface area contributed by atoms with E-state index >= 15 is 0 Å². The maximum atomic E-state index is 14.1. The number of hydrogen-bond donors (Lipinski definition) is 1. The van der Waals surface area contributed by atoms with Crippen molar-refractivity contribution in [2.45, 2.75) is 51.6 Å². The lowest BCUT2D eigenvalue weighted by molar-refractivity contribution is -0.384. The Kier molecular flexibility index (Phi) is 10.6. The van der Waals surface area contributed by atoms with Crippen molar-refractivity contribution in [1.29, 1.82) is 0 Å². The molecule has 1 atom stereocenters. The fourth-order valence-corrected chi connectivity index (χ4v) is 5.79. The van der Waals surface area contributed by atoms with Crippen molar-refractivity contribution in [2.24, 2.45) is 5.92 Å². The Morgan fingerprint density at radius 3 is 2.27 bits per heavy atom. The number of nitrogens with one attached hydrogen (secondary N) is 1. The summed E-state index contributed by atoms with van der Waals surface area (Å²) >= 11 is 0. The first kappa shape index (κ1) is 31.3. The molecule has 11 heteroatoms. The molecule has 0 radical (unpaired) electrons. The van der Waals surface area contributed by atoms with Crippen LogP contribution in [0.1, 0.15) is 38.3 Å². The number of hydrogen-bond acceptors (Lipinski definition) is 6. The highest BCUT2D eigenvalue weighted by Crippen LogP contribution is 2.28. The molecule has 0 aliphatic heterocycles. The molecule has 3 rings (SSSR count). The second kappa shape index (κ2) is 13.9. The number of non-ortho nitro benzene ring substituents is 1. The molecule has 0 fully saturated rings. The zero-order valence-electron chi connectivity index (χ0n) is 23.7. The van der Waals surface area contributed by atoms with Crippen LogP contribution in [0.15, 0.2) is 83.8 Å². The topological polar surface area (TPSA) is 130 Å². The molecule has 0 aromatic heterocycles. The number of nitro benzene ring substituents is 1. The molecule has 0 aliphatic rings. The van der Waals surface area contributed by atoms with Crippen LogP contribution in [0.3, 0.4) is 0 Å². The van der Waals surface area contributed by atoms with Crippen LogP contribution >= 0.6 is 0 Å². The number of rotatable bonds is 13. The molecule has 2 amide bonds. The van der Waals surface area contributed by atoms with Crippen LogP contribution < -0.4 is 9.62 Å². The van der Waals surface area contributed by atoms with E-state index in [9.17, 15) is 28.1 Å². The molecule has 0 unspecified atom stereocenters. The third-order valence-corrected chi connectivity index (χ3v) is 8.23. The van der Waals surface area contributed by atoms with Crippen molar-refractivity contribution < 1.29 is 22.9 Å². The number of sulfonamides is 1. The van der Waals surface area contributed by atoms with Gasteiger partial charge in [0.05, 0.1) is 15.5 Å². The zero-order chi connectivity index (χ0) is 30.2. The summed E-state index contributed by atoms with van der Waals surface area (Å²) in [5, 5.41) is 14.4. The maximum absolute atomic E-state index is 14.1. The minimum Gasteiger partial charge on any atom is -0.354 e. The van der Waals surface area contributed by atoms with E-state index in [0.29, 0.717) is 13.0 Å². The first-order valence-electron chi connectivity index (χ1n) is 13.4. The predicted molar refractivity (Wildman–Crippen MR) is 158 cm³/mol. The smallest absolute Gasteiger partial charge is 0.271 e. The van der Waals surface area contributed by atoms with E-state index in [2.05, 4.69) is 5.32 Å². The summed E-state index contributed by atoms with van der Waals surface area (Å²) in [5.41, 5.74) is 1.39. The summed E-state index contributed by atoms with van der Waals surface area (Å²) in [5.74, 6) is -0.767. The number of carbonyl (C=O) groups is 2. The van der Waals surface area contributed by atoms with Crippen LogP contribution in [0, 0.1) is 23.0 Å². The van der Waals surface area contributed by atoms with E-state index in [1.807, 2.05) is 45.0 Å². The number of anilines is 1. The number of nitro groups is 1. The molecule has 1 N–H and O–H groups in total. The Hall–Kier alpha value is -4.25. The van der Waals surface area contributed by atoms with Gasteiger partial charge in [-0.25, -0.2) is 8.42 Å². The van der Waals surface area contributed by atoms with Crippen LogP contribution in [-0.2, 0) is 26.2 Å². The van der Waals surface area contributed by atoms with Crippen LogP contribution in [-0.4, -0.2) is 49.2 Å². The highest BCUT2D eigenvalue weighted by molar-refractivity contribution is 7.92. The highest BCUT2D eigenvalue weighted by atomic mass is 32.2. The van der Waals surface area contributed by atoms with Gasteiger partial charge >= 0.3 is 0 Å². The lowest BCUT2D eigenvalue weighted by atomic mass is 10.1. The van der Waals surface area contributed by atoms with Gasteiger partial charge in [0.1, 0.15) is 12.6 Å². The fraction of sp³-hybridized carbons (Fsp3) is 0.333.